The number of carbonyl (C=O) groups is 1. The Morgan fingerprint density at radius 2 is 1.21 bits per heavy atom. The second-order valence-corrected chi connectivity index (χ2v) is 18.7. The molecule has 8 rings (SSSR count). The number of ether oxygens (including phenoxy) is 2. The third kappa shape index (κ3) is 8.23. The monoisotopic (exact) mass is 830 g/mol. The Morgan fingerprint density at radius 3 is 1.81 bits per heavy atom. The van der Waals surface area contributed by atoms with Crippen molar-refractivity contribution < 1.29 is 18.7 Å². The highest BCUT2D eigenvalue weighted by molar-refractivity contribution is 6.25. The first kappa shape index (κ1) is 43.0. The Bertz CT molecular complexity index is 2940. The molecule has 4 heteroatoms. The number of allylic oxidation sites excluding steroid dienone is 7. The number of carbonyl (C=O) groups excluding carboxylic acids is 1. The van der Waals surface area contributed by atoms with Crippen LogP contribution in [0, 0.1) is 5.92 Å². The molecule has 0 saturated heterocycles. The largest absolute Gasteiger partial charge is 0.497 e. The summed E-state index contributed by atoms with van der Waals surface area (Å²) in [6.45, 7) is 17.6. The van der Waals surface area contributed by atoms with Gasteiger partial charge in [0.05, 0.1) is 14.2 Å². The molecule has 1 aliphatic carbocycles. The smallest absolute Gasteiger partial charge is 0.334 e. The molecular weight excluding hydrogens is 773 g/mol. The maximum atomic E-state index is 13.8. The van der Waals surface area contributed by atoms with Gasteiger partial charge in [0.2, 0.25) is 0 Å². The molecule has 0 fully saturated rings. The average molecular weight is 831 g/mol. The van der Waals surface area contributed by atoms with Gasteiger partial charge < -0.3 is 13.9 Å². The zero-order chi connectivity index (χ0) is 44.6. The quantitative estimate of drug-likeness (QED) is 0.0783. The van der Waals surface area contributed by atoms with Crippen molar-refractivity contribution in [2.75, 3.05) is 14.2 Å². The SMILES string of the molecule is CCC1C(C(=C/C(=C(\C)C(=O)OC)c2ccc(C(C)(C)C)cc2)c2cccc3oc4ccccc4c23)=C(c2ccc(C(C)(C)C)cc2)C(c2ccccc2)=C1c1ccc(OC)cc1. The van der Waals surface area contributed by atoms with E-state index in [1.165, 1.54) is 35.0 Å². The number of esters is 1. The summed E-state index contributed by atoms with van der Waals surface area (Å²) in [5.41, 5.74) is 16.5. The first-order valence-electron chi connectivity index (χ1n) is 22.1. The Morgan fingerprint density at radius 1 is 0.635 bits per heavy atom. The standard InChI is InChI=1S/C59H58O4/c1-11-45-52(40-28-34-44(61-9)35-29-40)53(39-18-13-12-14-19-39)54(41-26-32-43(33-27-41)59(6,7)8)56(45)49(46-21-17-23-51-55(46)47-20-15-16-22-50(47)63-51)36-48(37(2)57(60)62-10)38-24-30-42(31-25-38)58(3,4)5/h12-36,45H,11H2,1-10H3/b48-37-,49-36?. The van der Waals surface area contributed by atoms with Crippen LogP contribution in [0.15, 0.2) is 167 Å². The molecule has 1 aromatic heterocycles. The van der Waals surface area contributed by atoms with Crippen LogP contribution in [0.25, 0.3) is 49.8 Å². The van der Waals surface area contributed by atoms with Crippen LogP contribution in [0.5, 0.6) is 5.75 Å². The van der Waals surface area contributed by atoms with Gasteiger partial charge in [0, 0.05) is 22.3 Å². The minimum absolute atomic E-state index is 0.0274. The highest BCUT2D eigenvalue weighted by Crippen LogP contribution is 2.57. The number of methoxy groups -OCH3 is 2. The molecule has 0 aliphatic heterocycles. The first-order chi connectivity index (χ1) is 30.2. The summed E-state index contributed by atoms with van der Waals surface area (Å²) < 4.78 is 17.8. The van der Waals surface area contributed by atoms with E-state index in [2.05, 4.69) is 188 Å². The van der Waals surface area contributed by atoms with E-state index in [4.69, 9.17) is 13.9 Å². The Hall–Kier alpha value is -6.65. The molecule has 1 aliphatic rings. The summed E-state index contributed by atoms with van der Waals surface area (Å²) >= 11 is 0. The van der Waals surface area contributed by atoms with E-state index in [0.717, 1.165) is 78.6 Å². The predicted octanol–water partition coefficient (Wildman–Crippen LogP) is 15.3. The van der Waals surface area contributed by atoms with Crippen molar-refractivity contribution in [3.63, 3.8) is 0 Å². The van der Waals surface area contributed by atoms with E-state index < -0.39 is 0 Å². The van der Waals surface area contributed by atoms with Crippen LogP contribution in [0.1, 0.15) is 101 Å². The topological polar surface area (TPSA) is 48.7 Å². The van der Waals surface area contributed by atoms with Crippen molar-refractivity contribution in [3.8, 4) is 5.75 Å². The van der Waals surface area contributed by atoms with Crippen LogP contribution in [-0.4, -0.2) is 20.2 Å². The fourth-order valence-electron chi connectivity index (χ4n) is 9.22. The van der Waals surface area contributed by atoms with E-state index in [1.807, 2.05) is 19.1 Å². The second kappa shape index (κ2) is 17.3. The molecule has 7 aromatic rings. The van der Waals surface area contributed by atoms with E-state index in [-0.39, 0.29) is 22.7 Å². The van der Waals surface area contributed by atoms with Crippen molar-refractivity contribution in [2.45, 2.75) is 72.6 Å². The lowest BCUT2D eigenvalue weighted by Crippen LogP contribution is -2.11. The van der Waals surface area contributed by atoms with E-state index in [9.17, 15) is 4.79 Å². The van der Waals surface area contributed by atoms with Crippen LogP contribution >= 0.6 is 0 Å². The molecule has 6 aromatic carbocycles. The van der Waals surface area contributed by atoms with Crippen LogP contribution in [0.2, 0.25) is 0 Å². The first-order valence-corrected chi connectivity index (χ1v) is 22.1. The zero-order valence-electron chi connectivity index (χ0n) is 38.4. The van der Waals surface area contributed by atoms with E-state index >= 15 is 0 Å². The van der Waals surface area contributed by atoms with Gasteiger partial charge in [-0.3, -0.25) is 0 Å². The minimum Gasteiger partial charge on any atom is -0.497 e. The van der Waals surface area contributed by atoms with Gasteiger partial charge in [-0.05, 0) is 127 Å². The molecule has 1 unspecified atom stereocenters. The van der Waals surface area contributed by atoms with Gasteiger partial charge in [0.1, 0.15) is 16.9 Å². The summed E-state index contributed by atoms with van der Waals surface area (Å²) in [6.07, 6.45) is 3.07. The minimum atomic E-state index is -0.375. The van der Waals surface area contributed by atoms with E-state index in [0.29, 0.717) is 5.57 Å². The van der Waals surface area contributed by atoms with Gasteiger partial charge in [0.25, 0.3) is 0 Å². The van der Waals surface area contributed by atoms with Gasteiger partial charge in [-0.25, -0.2) is 4.79 Å². The molecule has 0 spiro atoms. The molecular formula is C59H58O4. The number of fused-ring (bicyclic) bond motifs is 3. The molecule has 63 heavy (non-hydrogen) atoms. The summed E-state index contributed by atoms with van der Waals surface area (Å²) in [5, 5.41) is 2.06. The lowest BCUT2D eigenvalue weighted by molar-refractivity contribution is -0.135. The van der Waals surface area contributed by atoms with Crippen molar-refractivity contribution in [1.82, 2.24) is 0 Å². The fourth-order valence-corrected chi connectivity index (χ4v) is 9.22. The summed E-state index contributed by atoms with van der Waals surface area (Å²) in [6, 6.07) is 51.8. The second-order valence-electron chi connectivity index (χ2n) is 18.7. The normalized spacial score (nSPS) is 15.3. The maximum absolute atomic E-state index is 13.8. The molecule has 1 atom stereocenters. The van der Waals surface area contributed by atoms with Crippen molar-refractivity contribution in [3.05, 3.63) is 202 Å². The van der Waals surface area contributed by atoms with Gasteiger partial charge in [-0.2, -0.15) is 0 Å². The van der Waals surface area contributed by atoms with E-state index in [1.54, 1.807) is 7.11 Å². The zero-order valence-corrected chi connectivity index (χ0v) is 38.4. The molecule has 1 heterocycles. The Balaban J connectivity index is 1.56. The Kier molecular flexibility index (Phi) is 11.8. The summed E-state index contributed by atoms with van der Waals surface area (Å²) in [4.78, 5) is 13.8. The highest BCUT2D eigenvalue weighted by Gasteiger charge is 2.38. The number of benzene rings is 6. The van der Waals surface area contributed by atoms with Crippen molar-refractivity contribution in [2.24, 2.45) is 5.92 Å². The lowest BCUT2D eigenvalue weighted by Gasteiger charge is -2.24. The molecule has 0 saturated carbocycles. The number of hydrogen-bond acceptors (Lipinski definition) is 4. The molecule has 4 nitrogen and oxygen atoms in total. The van der Waals surface area contributed by atoms with Crippen molar-refractivity contribution >= 4 is 55.8 Å². The summed E-state index contributed by atoms with van der Waals surface area (Å²) in [7, 11) is 3.17. The number of furan rings is 1. The Labute approximate surface area is 373 Å². The molecule has 0 radical (unpaired) electrons. The molecule has 318 valence electrons. The van der Waals surface area contributed by atoms with Crippen LogP contribution in [0.4, 0.5) is 0 Å². The highest BCUT2D eigenvalue weighted by atomic mass is 16.5. The molecule has 0 amide bonds. The molecule has 0 bridgehead atoms. The molecule has 0 N–H and O–H groups in total. The van der Waals surface area contributed by atoms with Gasteiger partial charge in [0.15, 0.2) is 0 Å². The van der Waals surface area contributed by atoms with Crippen LogP contribution < -0.4 is 4.74 Å². The third-order valence-electron chi connectivity index (χ3n) is 12.6. The average Bonchev–Trinajstić information content (AvgIpc) is 3.85. The van der Waals surface area contributed by atoms with Gasteiger partial charge in [-0.15, -0.1) is 0 Å². The van der Waals surface area contributed by atoms with Gasteiger partial charge in [-0.1, -0.05) is 170 Å². The fraction of sp³-hybridized carbons (Fsp3) is 0.237. The number of rotatable bonds is 10. The van der Waals surface area contributed by atoms with Crippen LogP contribution in [0.3, 0.4) is 0 Å². The number of hydrogen-bond donors (Lipinski definition) is 0. The third-order valence-corrected chi connectivity index (χ3v) is 12.6. The maximum Gasteiger partial charge on any atom is 0.334 e. The lowest BCUT2D eigenvalue weighted by atomic mass is 9.79. The van der Waals surface area contributed by atoms with Gasteiger partial charge >= 0.3 is 5.97 Å². The summed E-state index contributed by atoms with van der Waals surface area (Å²) in [5.74, 6) is 0.371. The predicted molar refractivity (Wildman–Crippen MR) is 264 cm³/mol. The number of para-hydroxylation sites is 1. The van der Waals surface area contributed by atoms with Crippen LogP contribution in [-0.2, 0) is 20.4 Å². The van der Waals surface area contributed by atoms with Crippen molar-refractivity contribution in [1.29, 1.82) is 0 Å².